The molecule has 0 aliphatic carbocycles. The first-order chi connectivity index (χ1) is 20.9. The van der Waals surface area contributed by atoms with Gasteiger partial charge in [0.1, 0.15) is 22.8 Å². The Kier molecular flexibility index (Phi) is 7.34. The molecule has 2 aromatic carbocycles. The number of pyridine rings is 2. The molecular formula is C32H23F3N6O2. The molecule has 0 radical (unpaired) electrons. The summed E-state index contributed by atoms with van der Waals surface area (Å²) in [6, 6.07) is 12.5. The predicted molar refractivity (Wildman–Crippen MR) is 157 cm³/mol. The van der Waals surface area contributed by atoms with Crippen molar-refractivity contribution in [3.8, 4) is 29.6 Å². The van der Waals surface area contributed by atoms with Crippen LogP contribution in [0.25, 0.3) is 39.0 Å². The quantitative estimate of drug-likeness (QED) is 0.210. The van der Waals surface area contributed by atoms with E-state index in [1.54, 1.807) is 36.4 Å². The number of hydrogen-bond donors (Lipinski definition) is 0. The summed E-state index contributed by atoms with van der Waals surface area (Å²) in [5, 5.41) is 0.919. The first-order valence-electron chi connectivity index (χ1n) is 13.3. The Labute approximate surface area is 244 Å². The van der Waals surface area contributed by atoms with Crippen LogP contribution in [0.15, 0.2) is 66.8 Å². The number of nitrogens with zero attached hydrogens (tertiary/aromatic N) is 6. The summed E-state index contributed by atoms with van der Waals surface area (Å²) < 4.78 is 50.9. The zero-order valence-electron chi connectivity index (χ0n) is 22.9. The number of terminal acetylenes is 1. The largest absolute Gasteiger partial charge is 0.467 e. The number of piperazine rings is 1. The van der Waals surface area contributed by atoms with Crippen molar-refractivity contribution >= 4 is 39.5 Å². The lowest BCUT2D eigenvalue weighted by Gasteiger charge is -2.35. The molecule has 0 bridgehead atoms. The fourth-order valence-electron chi connectivity index (χ4n) is 5.16. The van der Waals surface area contributed by atoms with E-state index < -0.39 is 23.4 Å². The molecule has 0 atom stereocenters. The Morgan fingerprint density at radius 1 is 1.00 bits per heavy atom. The molecular weight excluding hydrogens is 557 g/mol. The molecule has 4 heterocycles. The summed E-state index contributed by atoms with van der Waals surface area (Å²) in [4.78, 5) is 33.1. The first kappa shape index (κ1) is 27.7. The van der Waals surface area contributed by atoms with Crippen molar-refractivity contribution in [3.63, 3.8) is 0 Å². The Bertz CT molecular complexity index is 1950. The average Bonchev–Trinajstić information content (AvgIpc) is 3.05. The maximum absolute atomic E-state index is 16.2. The van der Waals surface area contributed by atoms with Crippen molar-refractivity contribution in [1.29, 1.82) is 0 Å². The summed E-state index contributed by atoms with van der Waals surface area (Å²) in [7, 11) is 1.37. The van der Waals surface area contributed by atoms with Gasteiger partial charge in [0, 0.05) is 66.5 Å². The molecule has 1 amide bonds. The van der Waals surface area contributed by atoms with Crippen molar-refractivity contribution in [2.45, 2.75) is 0 Å². The number of amides is 1. The second-order valence-corrected chi connectivity index (χ2v) is 9.71. The van der Waals surface area contributed by atoms with E-state index in [4.69, 9.17) is 11.2 Å². The zero-order chi connectivity index (χ0) is 30.1. The number of carbonyl (C=O) groups is 1. The molecule has 1 saturated heterocycles. The zero-order valence-corrected chi connectivity index (χ0v) is 22.9. The SMILES string of the molecule is C#Cc1cccc2c(F)ccc(-c3ncc4c(N5CCN(C(=O)/C(F)=C/c6ccccn6)CC5)nc(OC)nc4c3F)c12. The topological polar surface area (TPSA) is 84.3 Å². The van der Waals surface area contributed by atoms with Gasteiger partial charge in [0.15, 0.2) is 11.6 Å². The van der Waals surface area contributed by atoms with Gasteiger partial charge in [0.05, 0.1) is 18.2 Å². The number of benzene rings is 2. The highest BCUT2D eigenvalue weighted by Crippen LogP contribution is 2.37. The van der Waals surface area contributed by atoms with Crippen LogP contribution < -0.4 is 9.64 Å². The van der Waals surface area contributed by atoms with Gasteiger partial charge < -0.3 is 14.5 Å². The van der Waals surface area contributed by atoms with Crippen LogP contribution in [0, 0.1) is 24.0 Å². The van der Waals surface area contributed by atoms with E-state index >= 15 is 4.39 Å². The van der Waals surface area contributed by atoms with E-state index in [1.165, 1.54) is 36.5 Å². The van der Waals surface area contributed by atoms with Crippen LogP contribution in [0.2, 0.25) is 0 Å². The average molecular weight is 581 g/mol. The van der Waals surface area contributed by atoms with Crippen molar-refractivity contribution in [3.05, 3.63) is 89.6 Å². The molecule has 0 saturated carbocycles. The smallest absolute Gasteiger partial charge is 0.318 e. The van der Waals surface area contributed by atoms with E-state index in [-0.39, 0.29) is 48.8 Å². The van der Waals surface area contributed by atoms with Crippen molar-refractivity contribution in [2.24, 2.45) is 0 Å². The third kappa shape index (κ3) is 5.08. The molecule has 8 nitrogen and oxygen atoms in total. The maximum atomic E-state index is 16.2. The fraction of sp³-hybridized carbons (Fsp3) is 0.156. The lowest BCUT2D eigenvalue weighted by molar-refractivity contribution is -0.128. The van der Waals surface area contributed by atoms with Crippen molar-refractivity contribution < 1.29 is 22.7 Å². The molecule has 1 aliphatic heterocycles. The van der Waals surface area contributed by atoms with Crippen molar-refractivity contribution in [2.75, 3.05) is 38.2 Å². The van der Waals surface area contributed by atoms with E-state index in [0.717, 1.165) is 6.08 Å². The molecule has 0 N–H and O–H groups in total. The summed E-state index contributed by atoms with van der Waals surface area (Å²) >= 11 is 0. The van der Waals surface area contributed by atoms with E-state index in [9.17, 15) is 13.6 Å². The number of halogens is 3. The molecule has 5 aromatic rings. The van der Waals surface area contributed by atoms with Crippen molar-refractivity contribution in [1.82, 2.24) is 24.8 Å². The number of fused-ring (bicyclic) bond motifs is 2. The van der Waals surface area contributed by atoms with Crippen LogP contribution in [0.1, 0.15) is 11.3 Å². The standard InChI is InChI=1S/C32H23F3N6O2/c1-3-19-7-6-9-21-24(33)11-10-22(26(19)21)28-27(35)29-23(18-37-28)30(39-32(38-29)43-2)40-13-15-41(16-14-40)31(42)25(34)17-20-8-4-5-12-36-20/h1,4-12,17-18H,13-16H2,2H3/b25-17-. The minimum Gasteiger partial charge on any atom is -0.467 e. The Morgan fingerprint density at radius 3 is 2.53 bits per heavy atom. The Morgan fingerprint density at radius 2 is 1.81 bits per heavy atom. The van der Waals surface area contributed by atoms with E-state index in [0.29, 0.717) is 33.4 Å². The van der Waals surface area contributed by atoms with Gasteiger partial charge in [-0.2, -0.15) is 9.97 Å². The minimum absolute atomic E-state index is 0.0506. The number of carbonyl (C=O) groups excluding carboxylic acids is 1. The lowest BCUT2D eigenvalue weighted by atomic mass is 9.96. The number of anilines is 1. The molecule has 43 heavy (non-hydrogen) atoms. The molecule has 214 valence electrons. The highest BCUT2D eigenvalue weighted by molar-refractivity contribution is 6.02. The van der Waals surface area contributed by atoms with Crippen LogP contribution in [0.4, 0.5) is 19.0 Å². The summed E-state index contributed by atoms with van der Waals surface area (Å²) in [5.74, 6) is -0.0185. The van der Waals surface area contributed by atoms with Gasteiger partial charge in [-0.05, 0) is 30.3 Å². The molecule has 1 aliphatic rings. The second-order valence-electron chi connectivity index (χ2n) is 9.71. The maximum Gasteiger partial charge on any atom is 0.318 e. The monoisotopic (exact) mass is 580 g/mol. The number of ether oxygens (including phenoxy) is 1. The van der Waals surface area contributed by atoms with Crippen LogP contribution in [0.3, 0.4) is 0 Å². The summed E-state index contributed by atoms with van der Waals surface area (Å²) in [6.45, 7) is 0.964. The van der Waals surface area contributed by atoms with Crippen LogP contribution in [-0.4, -0.2) is 64.0 Å². The van der Waals surface area contributed by atoms with E-state index in [2.05, 4.69) is 25.9 Å². The summed E-state index contributed by atoms with van der Waals surface area (Å²) in [6.07, 6.45) is 9.74. The van der Waals surface area contributed by atoms with Gasteiger partial charge in [-0.15, -0.1) is 6.42 Å². The third-order valence-corrected chi connectivity index (χ3v) is 7.26. The Hall–Kier alpha value is -5.50. The molecule has 3 aromatic heterocycles. The number of rotatable bonds is 5. The number of methoxy groups -OCH3 is 1. The predicted octanol–water partition coefficient (Wildman–Crippen LogP) is 5.17. The fourth-order valence-corrected chi connectivity index (χ4v) is 5.16. The van der Waals surface area contributed by atoms with Gasteiger partial charge >= 0.3 is 6.01 Å². The lowest BCUT2D eigenvalue weighted by Crippen LogP contribution is -2.49. The second kappa shape index (κ2) is 11.4. The molecule has 1 fully saturated rings. The Balaban J connectivity index is 1.34. The molecule has 6 rings (SSSR count). The summed E-state index contributed by atoms with van der Waals surface area (Å²) in [5.41, 5.74) is 0.941. The number of aromatic nitrogens is 4. The minimum atomic E-state index is -0.915. The van der Waals surface area contributed by atoms with Crippen LogP contribution in [0.5, 0.6) is 6.01 Å². The number of hydrogen-bond acceptors (Lipinski definition) is 7. The van der Waals surface area contributed by atoms with Gasteiger partial charge in [0.2, 0.25) is 0 Å². The molecule has 11 heteroatoms. The normalized spacial score (nSPS) is 13.8. The van der Waals surface area contributed by atoms with E-state index in [1.807, 2.05) is 4.90 Å². The van der Waals surface area contributed by atoms with Gasteiger partial charge in [-0.25, -0.2) is 13.2 Å². The molecule has 0 unspecified atom stereocenters. The molecule has 0 spiro atoms. The van der Waals surface area contributed by atoms with Gasteiger partial charge in [-0.3, -0.25) is 14.8 Å². The highest BCUT2D eigenvalue weighted by Gasteiger charge is 2.28. The highest BCUT2D eigenvalue weighted by atomic mass is 19.1. The van der Waals surface area contributed by atoms with Crippen LogP contribution in [-0.2, 0) is 4.79 Å². The van der Waals surface area contributed by atoms with Crippen LogP contribution >= 0.6 is 0 Å². The van der Waals surface area contributed by atoms with Gasteiger partial charge in [-0.1, -0.05) is 24.1 Å². The first-order valence-corrected chi connectivity index (χ1v) is 13.3. The van der Waals surface area contributed by atoms with Gasteiger partial charge in [0.25, 0.3) is 5.91 Å². The third-order valence-electron chi connectivity index (χ3n) is 7.26.